The predicted octanol–water partition coefficient (Wildman–Crippen LogP) is 3.59. The number of hydrogen-bond donors (Lipinski definition) is 1. The molecular formula is C17H22N2. The first-order valence-corrected chi connectivity index (χ1v) is 6.91. The molecule has 100 valence electrons. The van der Waals surface area contributed by atoms with E-state index in [-0.39, 0.29) is 0 Å². The average Bonchev–Trinajstić information content (AvgIpc) is 2.40. The molecule has 0 amide bonds. The minimum absolute atomic E-state index is 0.334. The molecule has 0 aliphatic rings. The molecule has 1 aromatic heterocycles. The molecule has 0 bridgehead atoms. The Morgan fingerprint density at radius 2 is 1.79 bits per heavy atom. The molecule has 1 atom stereocenters. The third-order valence-corrected chi connectivity index (χ3v) is 3.48. The maximum Gasteiger partial charge on any atom is 0.0422 e. The van der Waals surface area contributed by atoms with E-state index in [0.29, 0.717) is 6.04 Å². The highest BCUT2D eigenvalue weighted by Crippen LogP contribution is 2.24. The van der Waals surface area contributed by atoms with E-state index in [1.54, 1.807) is 0 Å². The van der Waals surface area contributed by atoms with Gasteiger partial charge in [0.15, 0.2) is 0 Å². The summed E-state index contributed by atoms with van der Waals surface area (Å²) in [6.45, 7) is 7.49. The second kappa shape index (κ2) is 6.48. The fourth-order valence-corrected chi connectivity index (χ4v) is 2.63. The highest BCUT2D eigenvalue weighted by atomic mass is 14.9. The number of likely N-dealkylation sites (N-methyl/N-ethyl adjacent to an activating group) is 1. The van der Waals surface area contributed by atoms with Crippen molar-refractivity contribution in [1.29, 1.82) is 0 Å². The van der Waals surface area contributed by atoms with Crippen molar-refractivity contribution in [3.05, 3.63) is 65.0 Å². The van der Waals surface area contributed by atoms with E-state index in [2.05, 4.69) is 61.4 Å². The molecule has 1 unspecified atom stereocenters. The molecular weight excluding hydrogens is 232 g/mol. The second-order valence-corrected chi connectivity index (χ2v) is 4.94. The number of benzene rings is 1. The van der Waals surface area contributed by atoms with Crippen LogP contribution in [0.1, 0.15) is 35.3 Å². The Morgan fingerprint density at radius 1 is 1.05 bits per heavy atom. The normalized spacial score (nSPS) is 12.4. The van der Waals surface area contributed by atoms with E-state index >= 15 is 0 Å². The summed E-state index contributed by atoms with van der Waals surface area (Å²) in [6, 6.07) is 12.9. The molecule has 0 fully saturated rings. The average molecular weight is 254 g/mol. The van der Waals surface area contributed by atoms with Crippen LogP contribution in [0, 0.1) is 13.8 Å². The highest BCUT2D eigenvalue weighted by Gasteiger charge is 2.15. The zero-order valence-corrected chi connectivity index (χ0v) is 12.0. The van der Waals surface area contributed by atoms with E-state index in [9.17, 15) is 0 Å². The predicted molar refractivity (Wildman–Crippen MR) is 80.3 cm³/mol. The van der Waals surface area contributed by atoms with Gasteiger partial charge in [0.05, 0.1) is 0 Å². The van der Waals surface area contributed by atoms with Crippen molar-refractivity contribution in [3.63, 3.8) is 0 Å². The van der Waals surface area contributed by atoms with Crippen molar-refractivity contribution in [2.24, 2.45) is 0 Å². The Hall–Kier alpha value is -1.67. The van der Waals surface area contributed by atoms with Crippen LogP contribution < -0.4 is 5.32 Å². The van der Waals surface area contributed by atoms with Gasteiger partial charge >= 0.3 is 0 Å². The monoisotopic (exact) mass is 254 g/mol. The zero-order valence-electron chi connectivity index (χ0n) is 12.0. The molecule has 1 N–H and O–H groups in total. The fraction of sp³-hybridized carbons (Fsp3) is 0.353. The lowest BCUT2D eigenvalue weighted by molar-refractivity contribution is 0.539. The summed E-state index contributed by atoms with van der Waals surface area (Å²) in [6.07, 6.45) is 2.80. The van der Waals surface area contributed by atoms with Crippen molar-refractivity contribution in [2.75, 3.05) is 6.54 Å². The molecule has 2 rings (SSSR count). The quantitative estimate of drug-likeness (QED) is 0.882. The van der Waals surface area contributed by atoms with Gasteiger partial charge in [0.2, 0.25) is 0 Å². The van der Waals surface area contributed by atoms with Crippen LogP contribution in [0.3, 0.4) is 0 Å². The SMILES string of the molecule is CCNC(Cc1ccccn1)c1c(C)cccc1C. The van der Waals surface area contributed by atoms with Crippen LogP contribution >= 0.6 is 0 Å². The molecule has 0 spiro atoms. The van der Waals surface area contributed by atoms with E-state index in [0.717, 1.165) is 18.7 Å². The van der Waals surface area contributed by atoms with Gasteiger partial charge in [-0.1, -0.05) is 31.2 Å². The Labute approximate surface area is 115 Å². The van der Waals surface area contributed by atoms with Crippen molar-refractivity contribution in [2.45, 2.75) is 33.2 Å². The topological polar surface area (TPSA) is 24.9 Å². The zero-order chi connectivity index (χ0) is 13.7. The fourth-order valence-electron chi connectivity index (χ4n) is 2.63. The largest absolute Gasteiger partial charge is 0.310 e. The molecule has 2 nitrogen and oxygen atoms in total. The first kappa shape index (κ1) is 13.8. The first-order chi connectivity index (χ1) is 9.22. The molecule has 0 saturated heterocycles. The van der Waals surface area contributed by atoms with Crippen molar-refractivity contribution in [1.82, 2.24) is 10.3 Å². The van der Waals surface area contributed by atoms with Crippen molar-refractivity contribution < 1.29 is 0 Å². The molecule has 2 aromatic rings. The van der Waals surface area contributed by atoms with Gasteiger partial charge in [0, 0.05) is 24.4 Å². The standard InChI is InChI=1S/C17H22N2/c1-4-18-16(12-15-10-5-6-11-19-15)17-13(2)8-7-9-14(17)3/h5-11,16,18H,4,12H2,1-3H3. The lowest BCUT2D eigenvalue weighted by Crippen LogP contribution is -2.24. The van der Waals surface area contributed by atoms with Crippen LogP contribution in [0.25, 0.3) is 0 Å². The second-order valence-electron chi connectivity index (χ2n) is 4.94. The summed E-state index contributed by atoms with van der Waals surface area (Å²) in [4.78, 5) is 4.45. The number of aromatic nitrogens is 1. The Bertz CT molecular complexity index is 500. The molecule has 19 heavy (non-hydrogen) atoms. The molecule has 0 radical (unpaired) electrons. The molecule has 0 saturated carbocycles. The molecule has 1 aromatic carbocycles. The summed E-state index contributed by atoms with van der Waals surface area (Å²) in [5.74, 6) is 0. The minimum atomic E-state index is 0.334. The lowest BCUT2D eigenvalue weighted by Gasteiger charge is -2.22. The van der Waals surface area contributed by atoms with Crippen LogP contribution in [0.15, 0.2) is 42.6 Å². The third-order valence-electron chi connectivity index (χ3n) is 3.48. The van der Waals surface area contributed by atoms with Crippen LogP contribution in [0.4, 0.5) is 0 Å². The maximum absolute atomic E-state index is 4.45. The van der Waals surface area contributed by atoms with Crippen LogP contribution in [-0.4, -0.2) is 11.5 Å². The summed E-state index contributed by atoms with van der Waals surface area (Å²) >= 11 is 0. The number of pyridine rings is 1. The van der Waals surface area contributed by atoms with Crippen LogP contribution in [0.5, 0.6) is 0 Å². The highest BCUT2D eigenvalue weighted by molar-refractivity contribution is 5.36. The number of nitrogens with zero attached hydrogens (tertiary/aromatic N) is 1. The summed E-state index contributed by atoms with van der Waals surface area (Å²) in [7, 11) is 0. The number of nitrogens with one attached hydrogen (secondary N) is 1. The molecule has 0 aliphatic heterocycles. The van der Waals surface area contributed by atoms with Gasteiger partial charge in [0.1, 0.15) is 0 Å². The van der Waals surface area contributed by atoms with Gasteiger partial charge in [-0.15, -0.1) is 0 Å². The Kier molecular flexibility index (Phi) is 4.69. The summed E-state index contributed by atoms with van der Waals surface area (Å²) in [5, 5.41) is 3.59. The van der Waals surface area contributed by atoms with E-state index in [1.165, 1.54) is 16.7 Å². The first-order valence-electron chi connectivity index (χ1n) is 6.91. The Balaban J connectivity index is 2.30. The smallest absolute Gasteiger partial charge is 0.0422 e. The summed E-state index contributed by atoms with van der Waals surface area (Å²) < 4.78 is 0. The maximum atomic E-state index is 4.45. The van der Waals surface area contributed by atoms with Gasteiger partial charge in [-0.05, 0) is 49.2 Å². The molecule has 1 heterocycles. The van der Waals surface area contributed by atoms with Gasteiger partial charge < -0.3 is 5.32 Å². The van der Waals surface area contributed by atoms with Crippen LogP contribution in [-0.2, 0) is 6.42 Å². The lowest BCUT2D eigenvalue weighted by atomic mass is 9.93. The van der Waals surface area contributed by atoms with Crippen LogP contribution in [0.2, 0.25) is 0 Å². The molecule has 0 aliphatic carbocycles. The van der Waals surface area contributed by atoms with Gasteiger partial charge in [-0.2, -0.15) is 0 Å². The third kappa shape index (κ3) is 3.42. The van der Waals surface area contributed by atoms with Crippen molar-refractivity contribution in [3.8, 4) is 0 Å². The van der Waals surface area contributed by atoms with Gasteiger partial charge in [0.25, 0.3) is 0 Å². The van der Waals surface area contributed by atoms with E-state index in [4.69, 9.17) is 0 Å². The summed E-state index contributed by atoms with van der Waals surface area (Å²) in [5.41, 5.74) is 5.25. The number of hydrogen-bond acceptors (Lipinski definition) is 2. The van der Waals surface area contributed by atoms with Crippen molar-refractivity contribution >= 4 is 0 Å². The minimum Gasteiger partial charge on any atom is -0.310 e. The Morgan fingerprint density at radius 3 is 2.37 bits per heavy atom. The van der Waals surface area contributed by atoms with Gasteiger partial charge in [-0.25, -0.2) is 0 Å². The number of aryl methyl sites for hydroxylation is 2. The van der Waals surface area contributed by atoms with Gasteiger partial charge in [-0.3, -0.25) is 4.98 Å². The van der Waals surface area contributed by atoms with E-state index < -0.39 is 0 Å². The van der Waals surface area contributed by atoms with E-state index in [1.807, 2.05) is 12.3 Å². The molecule has 2 heteroatoms. The number of rotatable bonds is 5.